The van der Waals surface area contributed by atoms with Crippen LogP contribution in [0, 0.1) is 0 Å². The van der Waals surface area contributed by atoms with Crippen molar-refractivity contribution in [2.24, 2.45) is 0 Å². The van der Waals surface area contributed by atoms with Crippen LogP contribution in [0.15, 0.2) is 46.9 Å². The zero-order valence-corrected chi connectivity index (χ0v) is 11.6. The highest BCUT2D eigenvalue weighted by molar-refractivity contribution is 9.10. The Bertz CT molecular complexity index is 614. The molecule has 0 aromatic heterocycles. The summed E-state index contributed by atoms with van der Waals surface area (Å²) in [6, 6.07) is 12.8. The summed E-state index contributed by atoms with van der Waals surface area (Å²) in [5.41, 5.74) is 7.98. The maximum absolute atomic E-state index is 10.8. The molecule has 0 radical (unpaired) electrons. The van der Waals surface area contributed by atoms with Gasteiger partial charge in [-0.1, -0.05) is 28.1 Å². The molecule has 5 heteroatoms. The fraction of sp³-hybridized carbons (Fsp3) is 0.0714. The van der Waals surface area contributed by atoms with Crippen LogP contribution in [0.4, 0.5) is 11.4 Å². The standard InChI is InChI=1S/C14H13BrN2O2/c15-10-3-1-2-9(6-10)8-17-11-4-5-12(14(18)19)13(16)7-11/h1-7,17H,8,16H2,(H,18,19). The normalized spacial score (nSPS) is 10.2. The SMILES string of the molecule is Nc1cc(NCc2cccc(Br)c2)ccc1C(=O)O. The predicted octanol–water partition coefficient (Wildman–Crippen LogP) is 3.34. The first-order chi connectivity index (χ1) is 9.06. The number of nitrogen functional groups attached to an aromatic ring is 1. The molecule has 0 bridgehead atoms. The third-order valence-electron chi connectivity index (χ3n) is 2.67. The van der Waals surface area contributed by atoms with E-state index >= 15 is 0 Å². The van der Waals surface area contributed by atoms with E-state index in [1.54, 1.807) is 12.1 Å². The van der Waals surface area contributed by atoms with Crippen molar-refractivity contribution in [2.45, 2.75) is 6.54 Å². The minimum Gasteiger partial charge on any atom is -0.478 e. The van der Waals surface area contributed by atoms with Crippen LogP contribution >= 0.6 is 15.9 Å². The van der Waals surface area contributed by atoms with Crippen LogP contribution in [0.5, 0.6) is 0 Å². The van der Waals surface area contributed by atoms with Crippen molar-refractivity contribution in [2.75, 3.05) is 11.1 Å². The highest BCUT2D eigenvalue weighted by Crippen LogP contribution is 2.19. The van der Waals surface area contributed by atoms with Gasteiger partial charge in [0.15, 0.2) is 0 Å². The predicted molar refractivity (Wildman–Crippen MR) is 79.3 cm³/mol. The molecule has 98 valence electrons. The smallest absolute Gasteiger partial charge is 0.337 e. The molecule has 0 spiro atoms. The van der Waals surface area contributed by atoms with Crippen LogP contribution in [-0.2, 0) is 6.54 Å². The van der Waals surface area contributed by atoms with E-state index in [1.807, 2.05) is 24.3 Å². The molecule has 0 amide bonds. The second kappa shape index (κ2) is 5.75. The number of carboxylic acid groups (broad SMARTS) is 1. The summed E-state index contributed by atoms with van der Waals surface area (Å²) in [6.45, 7) is 0.644. The van der Waals surface area contributed by atoms with E-state index in [1.165, 1.54) is 6.07 Å². The lowest BCUT2D eigenvalue weighted by atomic mass is 10.1. The van der Waals surface area contributed by atoms with Crippen molar-refractivity contribution >= 4 is 33.3 Å². The van der Waals surface area contributed by atoms with Crippen molar-refractivity contribution in [3.05, 3.63) is 58.1 Å². The molecule has 0 aliphatic heterocycles. The minimum absolute atomic E-state index is 0.119. The molecule has 0 heterocycles. The van der Waals surface area contributed by atoms with Crippen molar-refractivity contribution < 1.29 is 9.90 Å². The Balaban J connectivity index is 2.08. The van der Waals surface area contributed by atoms with E-state index in [9.17, 15) is 4.79 Å². The molecular formula is C14H13BrN2O2. The maximum Gasteiger partial charge on any atom is 0.337 e. The van der Waals surface area contributed by atoms with Crippen LogP contribution in [0.25, 0.3) is 0 Å². The Morgan fingerprint density at radius 3 is 2.68 bits per heavy atom. The van der Waals surface area contributed by atoms with E-state index in [2.05, 4.69) is 21.2 Å². The van der Waals surface area contributed by atoms with Gasteiger partial charge in [0.05, 0.1) is 5.56 Å². The van der Waals surface area contributed by atoms with Crippen LogP contribution in [0.2, 0.25) is 0 Å². The van der Waals surface area contributed by atoms with Gasteiger partial charge in [0.25, 0.3) is 0 Å². The van der Waals surface area contributed by atoms with Crippen molar-refractivity contribution in [3.8, 4) is 0 Å². The van der Waals surface area contributed by atoms with E-state index in [0.717, 1.165) is 15.7 Å². The van der Waals surface area contributed by atoms with Gasteiger partial charge in [-0.2, -0.15) is 0 Å². The number of rotatable bonds is 4. The van der Waals surface area contributed by atoms with E-state index in [-0.39, 0.29) is 11.3 Å². The number of hydrogen-bond acceptors (Lipinski definition) is 3. The second-order valence-electron chi connectivity index (χ2n) is 4.09. The Morgan fingerprint density at radius 2 is 2.05 bits per heavy atom. The van der Waals surface area contributed by atoms with E-state index in [4.69, 9.17) is 10.8 Å². The van der Waals surface area contributed by atoms with Crippen molar-refractivity contribution in [1.29, 1.82) is 0 Å². The molecule has 2 aromatic carbocycles. The average molecular weight is 321 g/mol. The summed E-state index contributed by atoms with van der Waals surface area (Å²) < 4.78 is 1.02. The summed E-state index contributed by atoms with van der Waals surface area (Å²) in [5, 5.41) is 12.1. The fourth-order valence-corrected chi connectivity index (χ4v) is 2.17. The lowest BCUT2D eigenvalue weighted by molar-refractivity contribution is 0.0698. The number of nitrogens with one attached hydrogen (secondary N) is 1. The number of aromatic carboxylic acids is 1. The third-order valence-corrected chi connectivity index (χ3v) is 3.16. The van der Waals surface area contributed by atoms with Crippen molar-refractivity contribution in [3.63, 3.8) is 0 Å². The molecule has 4 nitrogen and oxygen atoms in total. The fourth-order valence-electron chi connectivity index (χ4n) is 1.72. The molecule has 4 N–H and O–H groups in total. The van der Waals surface area contributed by atoms with Gasteiger partial charge < -0.3 is 16.2 Å². The quantitative estimate of drug-likeness (QED) is 0.755. The van der Waals surface area contributed by atoms with Gasteiger partial charge in [-0.3, -0.25) is 0 Å². The number of carbonyl (C=O) groups is 1. The highest BCUT2D eigenvalue weighted by Gasteiger charge is 2.07. The van der Waals surface area contributed by atoms with Gasteiger partial charge in [0.2, 0.25) is 0 Å². The summed E-state index contributed by atoms with van der Waals surface area (Å²) >= 11 is 3.41. The monoisotopic (exact) mass is 320 g/mol. The first kappa shape index (κ1) is 13.4. The van der Waals surface area contributed by atoms with Gasteiger partial charge in [0, 0.05) is 22.4 Å². The van der Waals surface area contributed by atoms with E-state index < -0.39 is 5.97 Å². The molecule has 2 rings (SSSR count). The average Bonchev–Trinajstić information content (AvgIpc) is 2.36. The lowest BCUT2D eigenvalue weighted by Gasteiger charge is -2.09. The Morgan fingerprint density at radius 1 is 1.26 bits per heavy atom. The maximum atomic E-state index is 10.8. The lowest BCUT2D eigenvalue weighted by Crippen LogP contribution is -2.04. The number of nitrogens with two attached hydrogens (primary N) is 1. The summed E-state index contributed by atoms with van der Waals surface area (Å²) in [4.78, 5) is 10.8. The second-order valence-corrected chi connectivity index (χ2v) is 5.01. The zero-order chi connectivity index (χ0) is 13.8. The molecule has 0 atom stereocenters. The molecule has 19 heavy (non-hydrogen) atoms. The van der Waals surface area contributed by atoms with Gasteiger partial charge in [-0.05, 0) is 35.9 Å². The van der Waals surface area contributed by atoms with Gasteiger partial charge >= 0.3 is 5.97 Å². The summed E-state index contributed by atoms with van der Waals surface area (Å²) in [6.07, 6.45) is 0. The first-order valence-electron chi connectivity index (χ1n) is 5.67. The summed E-state index contributed by atoms with van der Waals surface area (Å²) in [7, 11) is 0. The number of halogens is 1. The number of anilines is 2. The first-order valence-corrected chi connectivity index (χ1v) is 6.46. The minimum atomic E-state index is -1.02. The van der Waals surface area contributed by atoms with Crippen LogP contribution in [0.1, 0.15) is 15.9 Å². The highest BCUT2D eigenvalue weighted by atomic mass is 79.9. The molecule has 0 fully saturated rings. The Hall–Kier alpha value is -2.01. The zero-order valence-electron chi connectivity index (χ0n) is 10.1. The van der Waals surface area contributed by atoms with E-state index in [0.29, 0.717) is 6.54 Å². The molecule has 0 saturated carbocycles. The molecule has 0 unspecified atom stereocenters. The molecule has 0 saturated heterocycles. The number of hydrogen-bond donors (Lipinski definition) is 3. The van der Waals surface area contributed by atoms with Crippen molar-refractivity contribution in [1.82, 2.24) is 0 Å². The largest absolute Gasteiger partial charge is 0.478 e. The van der Waals surface area contributed by atoms with Gasteiger partial charge in [0.1, 0.15) is 0 Å². The van der Waals surface area contributed by atoms with Gasteiger partial charge in [-0.25, -0.2) is 4.79 Å². The molecular weight excluding hydrogens is 308 g/mol. The molecule has 0 aliphatic rings. The molecule has 0 aliphatic carbocycles. The topological polar surface area (TPSA) is 75.3 Å². The summed E-state index contributed by atoms with van der Waals surface area (Å²) in [5.74, 6) is -1.02. The Labute approximate surface area is 119 Å². The molecule has 2 aromatic rings. The third kappa shape index (κ3) is 3.48. The van der Waals surface area contributed by atoms with Crippen LogP contribution in [-0.4, -0.2) is 11.1 Å². The van der Waals surface area contributed by atoms with Crippen LogP contribution in [0.3, 0.4) is 0 Å². The van der Waals surface area contributed by atoms with Crippen LogP contribution < -0.4 is 11.1 Å². The Kier molecular flexibility index (Phi) is 4.06. The number of carboxylic acids is 1. The number of benzene rings is 2. The van der Waals surface area contributed by atoms with Gasteiger partial charge in [-0.15, -0.1) is 0 Å².